The molecule has 1 aliphatic rings. The third-order valence-electron chi connectivity index (χ3n) is 6.61. The molecule has 0 bridgehead atoms. The summed E-state index contributed by atoms with van der Waals surface area (Å²) in [4.78, 5) is 6.33. The molecule has 0 aliphatic carbocycles. The van der Waals surface area contributed by atoms with Gasteiger partial charge in [-0.15, -0.1) is 11.3 Å². The van der Waals surface area contributed by atoms with Gasteiger partial charge in [0.15, 0.2) is 0 Å². The minimum atomic E-state index is -4.47. The summed E-state index contributed by atoms with van der Waals surface area (Å²) >= 11 is 1.21. The van der Waals surface area contributed by atoms with E-state index in [0.29, 0.717) is 42.6 Å². The van der Waals surface area contributed by atoms with E-state index in [9.17, 15) is 23.4 Å². The lowest BCUT2D eigenvalue weighted by molar-refractivity contribution is -0.137. The topological polar surface area (TPSA) is 65.8 Å². The van der Waals surface area contributed by atoms with E-state index in [-0.39, 0.29) is 12.4 Å². The Morgan fingerprint density at radius 2 is 1.86 bits per heavy atom. The summed E-state index contributed by atoms with van der Waals surface area (Å²) in [6, 6.07) is 11.6. The Balaban J connectivity index is 1.21. The molecule has 2 aromatic heterocycles. The maximum absolute atomic E-state index is 13.3. The van der Waals surface area contributed by atoms with Crippen LogP contribution in [-0.4, -0.2) is 52.4 Å². The van der Waals surface area contributed by atoms with Crippen molar-refractivity contribution in [2.45, 2.75) is 30.7 Å². The normalized spacial score (nSPS) is 17.6. The number of hydrogen-bond acceptors (Lipinski definition) is 6. The van der Waals surface area contributed by atoms with Crippen LogP contribution in [-0.2, 0) is 11.8 Å². The molecule has 2 aromatic carbocycles. The molecule has 0 unspecified atom stereocenters. The number of thiophene rings is 1. The van der Waals surface area contributed by atoms with Crippen LogP contribution in [0.15, 0.2) is 60.2 Å². The third-order valence-corrected chi connectivity index (χ3v) is 7.48. The first-order valence-electron chi connectivity index (χ1n) is 11.4. The van der Waals surface area contributed by atoms with Gasteiger partial charge in [-0.05, 0) is 41.8 Å². The Hall–Kier alpha value is -2.72. The molecule has 3 heterocycles. The van der Waals surface area contributed by atoms with Crippen molar-refractivity contribution in [3.63, 3.8) is 0 Å². The Morgan fingerprint density at radius 3 is 2.63 bits per heavy atom. The first-order chi connectivity index (χ1) is 16.7. The Kier molecular flexibility index (Phi) is 6.43. The van der Waals surface area contributed by atoms with Gasteiger partial charge in [-0.3, -0.25) is 4.98 Å². The highest BCUT2D eigenvalue weighted by atomic mass is 32.1. The summed E-state index contributed by atoms with van der Waals surface area (Å²) in [7, 11) is 0. The first kappa shape index (κ1) is 24.0. The summed E-state index contributed by atoms with van der Waals surface area (Å²) in [5.41, 5.74) is -0.965. The van der Waals surface area contributed by atoms with E-state index in [1.54, 1.807) is 23.8 Å². The molecule has 0 saturated carbocycles. The molecule has 35 heavy (non-hydrogen) atoms. The SMILES string of the molecule is O[C@H](COc1cc(C(F)(F)F)cc2sccc12)CN1CCC(O)(c2cncc3ccccc23)CC1. The third kappa shape index (κ3) is 4.99. The Morgan fingerprint density at radius 1 is 1.09 bits per heavy atom. The fraction of sp³-hybridized carbons (Fsp3) is 0.346. The van der Waals surface area contributed by atoms with E-state index in [0.717, 1.165) is 28.5 Å². The van der Waals surface area contributed by atoms with E-state index in [4.69, 9.17) is 4.74 Å². The first-order valence-corrected chi connectivity index (χ1v) is 12.3. The molecule has 2 N–H and O–H groups in total. The average molecular weight is 503 g/mol. The number of β-amino-alcohol motifs (C(OH)–C–C–N with tert-alkyl or cyclic N) is 1. The van der Waals surface area contributed by atoms with Crippen LogP contribution in [0.5, 0.6) is 5.75 Å². The van der Waals surface area contributed by atoms with Gasteiger partial charge in [0, 0.05) is 53.1 Å². The van der Waals surface area contributed by atoms with E-state index < -0.39 is 23.4 Å². The number of aromatic nitrogens is 1. The lowest BCUT2D eigenvalue weighted by Gasteiger charge is -2.39. The lowest BCUT2D eigenvalue weighted by Crippen LogP contribution is -2.46. The van der Waals surface area contributed by atoms with Crippen molar-refractivity contribution in [1.29, 1.82) is 0 Å². The second-order valence-electron chi connectivity index (χ2n) is 9.01. The number of aliphatic hydroxyl groups excluding tert-OH is 1. The van der Waals surface area contributed by atoms with Gasteiger partial charge in [0.1, 0.15) is 18.5 Å². The highest BCUT2D eigenvalue weighted by molar-refractivity contribution is 7.17. The number of nitrogens with zero attached hydrogens (tertiary/aromatic N) is 2. The summed E-state index contributed by atoms with van der Waals surface area (Å²) in [5, 5.41) is 26.2. The van der Waals surface area contributed by atoms with Crippen molar-refractivity contribution in [1.82, 2.24) is 9.88 Å². The van der Waals surface area contributed by atoms with Gasteiger partial charge in [-0.1, -0.05) is 24.3 Å². The van der Waals surface area contributed by atoms with Crippen molar-refractivity contribution >= 4 is 32.2 Å². The number of benzene rings is 2. The van der Waals surface area contributed by atoms with E-state index in [1.165, 1.54) is 11.3 Å². The second kappa shape index (κ2) is 9.39. The molecular weight excluding hydrogens is 477 g/mol. The molecule has 4 aromatic rings. The zero-order chi connectivity index (χ0) is 24.6. The van der Waals surface area contributed by atoms with E-state index in [1.807, 2.05) is 29.2 Å². The maximum Gasteiger partial charge on any atom is 0.416 e. The largest absolute Gasteiger partial charge is 0.490 e. The van der Waals surface area contributed by atoms with Crippen LogP contribution < -0.4 is 4.74 Å². The number of hydrogen-bond donors (Lipinski definition) is 2. The fourth-order valence-corrected chi connectivity index (χ4v) is 5.56. The lowest BCUT2D eigenvalue weighted by atomic mass is 9.83. The smallest absolute Gasteiger partial charge is 0.416 e. The van der Waals surface area contributed by atoms with Crippen molar-refractivity contribution in [2.75, 3.05) is 26.2 Å². The van der Waals surface area contributed by atoms with Crippen LogP contribution in [0.3, 0.4) is 0 Å². The predicted molar refractivity (Wildman–Crippen MR) is 130 cm³/mol. The highest BCUT2D eigenvalue weighted by Crippen LogP contribution is 2.39. The quantitative estimate of drug-likeness (QED) is 0.380. The number of likely N-dealkylation sites (tertiary alicyclic amines) is 1. The molecular formula is C26H25F3N2O3S. The maximum atomic E-state index is 13.3. The fourth-order valence-electron chi connectivity index (χ4n) is 4.72. The molecule has 1 fully saturated rings. The molecule has 0 radical (unpaired) electrons. The standard InChI is InChI=1S/C26H25F3N2O3S/c27-26(28,29)18-11-23(21-5-10-35-24(21)12-18)34-16-19(32)15-31-8-6-25(33,7-9-31)22-14-30-13-17-3-1-2-4-20(17)22/h1-5,10-14,19,32-33H,6-9,15-16H2/t19-/m0/s1. The number of fused-ring (bicyclic) bond motifs is 2. The number of ether oxygens (including phenoxy) is 1. The summed E-state index contributed by atoms with van der Waals surface area (Å²) in [6.45, 7) is 1.31. The van der Waals surface area contributed by atoms with E-state index >= 15 is 0 Å². The number of rotatable bonds is 6. The van der Waals surface area contributed by atoms with Crippen LogP contribution in [0.2, 0.25) is 0 Å². The van der Waals surface area contributed by atoms with Gasteiger partial charge in [0.25, 0.3) is 0 Å². The molecule has 5 rings (SSSR count). The van der Waals surface area contributed by atoms with Crippen molar-refractivity contribution in [3.05, 3.63) is 71.4 Å². The minimum absolute atomic E-state index is 0.117. The summed E-state index contributed by atoms with van der Waals surface area (Å²) < 4.78 is 45.9. The summed E-state index contributed by atoms with van der Waals surface area (Å²) in [6.07, 6.45) is -0.885. The van der Waals surface area contributed by atoms with Gasteiger partial charge < -0.3 is 19.8 Å². The van der Waals surface area contributed by atoms with Gasteiger partial charge in [-0.25, -0.2) is 0 Å². The molecule has 1 atom stereocenters. The van der Waals surface area contributed by atoms with Gasteiger partial charge in [-0.2, -0.15) is 13.2 Å². The predicted octanol–water partition coefficient (Wildman–Crippen LogP) is 5.19. The van der Waals surface area contributed by atoms with Crippen LogP contribution in [0.25, 0.3) is 20.9 Å². The van der Waals surface area contributed by atoms with Crippen LogP contribution >= 0.6 is 11.3 Å². The number of alkyl halides is 3. The number of piperidine rings is 1. The van der Waals surface area contributed by atoms with E-state index in [2.05, 4.69) is 4.98 Å². The zero-order valence-corrected chi connectivity index (χ0v) is 19.6. The summed E-state index contributed by atoms with van der Waals surface area (Å²) in [5.74, 6) is 0.117. The zero-order valence-electron chi connectivity index (χ0n) is 18.8. The molecule has 1 saturated heterocycles. The van der Waals surface area contributed by atoms with Crippen molar-refractivity contribution < 1.29 is 28.1 Å². The van der Waals surface area contributed by atoms with Crippen LogP contribution in [0.1, 0.15) is 24.0 Å². The number of aliphatic hydroxyl groups is 2. The van der Waals surface area contributed by atoms with Crippen molar-refractivity contribution in [3.8, 4) is 5.75 Å². The average Bonchev–Trinajstić information content (AvgIpc) is 3.32. The molecule has 5 nitrogen and oxygen atoms in total. The Bertz CT molecular complexity index is 1330. The Labute approximate surface area is 204 Å². The van der Waals surface area contributed by atoms with Crippen LogP contribution in [0, 0.1) is 0 Å². The van der Waals surface area contributed by atoms with Crippen molar-refractivity contribution in [2.24, 2.45) is 0 Å². The monoisotopic (exact) mass is 502 g/mol. The molecule has 0 amide bonds. The molecule has 184 valence electrons. The van der Waals surface area contributed by atoms with Gasteiger partial charge in [0.05, 0.1) is 11.2 Å². The minimum Gasteiger partial charge on any atom is -0.490 e. The molecule has 1 aliphatic heterocycles. The number of halogens is 3. The second-order valence-corrected chi connectivity index (χ2v) is 9.96. The molecule has 9 heteroatoms. The van der Waals surface area contributed by atoms with Gasteiger partial charge in [0.2, 0.25) is 0 Å². The van der Waals surface area contributed by atoms with Gasteiger partial charge >= 0.3 is 6.18 Å². The van der Waals surface area contributed by atoms with Crippen LogP contribution in [0.4, 0.5) is 13.2 Å². The molecule has 0 spiro atoms. The number of pyridine rings is 1. The highest BCUT2D eigenvalue weighted by Gasteiger charge is 2.36.